The first-order valence-corrected chi connectivity index (χ1v) is 8.86. The lowest BCUT2D eigenvalue weighted by atomic mass is 9.94. The molecule has 0 spiro atoms. The monoisotopic (exact) mass is 357 g/mol. The van der Waals surface area contributed by atoms with Crippen LogP contribution in [-0.4, -0.2) is 31.1 Å². The van der Waals surface area contributed by atoms with Gasteiger partial charge < -0.3 is 14.4 Å². The van der Waals surface area contributed by atoms with Crippen LogP contribution in [0.5, 0.6) is 11.5 Å². The highest BCUT2D eigenvalue weighted by Gasteiger charge is 2.52. The Labute approximate surface area is 152 Å². The Morgan fingerprint density at radius 2 is 1.76 bits per heavy atom. The van der Waals surface area contributed by atoms with Gasteiger partial charge in [0.25, 0.3) is 0 Å². The number of carbonyl (C=O) groups is 1. The number of likely N-dealkylation sites (N-methyl/N-ethyl adjacent to an activating group) is 1. The minimum atomic E-state index is -0.382. The van der Waals surface area contributed by atoms with Crippen molar-refractivity contribution in [3.05, 3.63) is 58.6 Å². The van der Waals surface area contributed by atoms with E-state index in [1.807, 2.05) is 49.5 Å². The van der Waals surface area contributed by atoms with Gasteiger partial charge in [0.15, 0.2) is 11.5 Å². The van der Waals surface area contributed by atoms with Crippen LogP contribution in [0.2, 0.25) is 5.02 Å². The van der Waals surface area contributed by atoms with Gasteiger partial charge in [-0.3, -0.25) is 4.79 Å². The average molecular weight is 358 g/mol. The molecule has 1 amide bonds. The molecule has 0 atom stereocenters. The molecule has 1 saturated carbocycles. The molecular formula is C20H20ClNO3. The van der Waals surface area contributed by atoms with Gasteiger partial charge in [0.05, 0.1) is 5.41 Å². The summed E-state index contributed by atoms with van der Waals surface area (Å²) < 4.78 is 11.2. The largest absolute Gasteiger partial charge is 0.486 e. The minimum Gasteiger partial charge on any atom is -0.486 e. The number of nitrogens with zero attached hydrogens (tertiary/aromatic N) is 1. The summed E-state index contributed by atoms with van der Waals surface area (Å²) in [5, 5.41) is 0.691. The Kier molecular flexibility index (Phi) is 4.08. The molecule has 1 aliphatic heterocycles. The van der Waals surface area contributed by atoms with E-state index in [9.17, 15) is 4.79 Å². The van der Waals surface area contributed by atoms with Crippen molar-refractivity contribution in [2.75, 3.05) is 20.3 Å². The molecule has 5 heteroatoms. The number of carbonyl (C=O) groups excluding carboxylic acids is 1. The second-order valence-corrected chi connectivity index (χ2v) is 7.16. The first-order chi connectivity index (χ1) is 12.1. The number of fused-ring (bicyclic) bond motifs is 1. The van der Waals surface area contributed by atoms with Crippen LogP contribution in [0.25, 0.3) is 0 Å². The quantitative estimate of drug-likeness (QED) is 0.835. The molecule has 1 aliphatic carbocycles. The molecule has 4 rings (SSSR count). The number of benzene rings is 2. The van der Waals surface area contributed by atoms with Crippen LogP contribution in [0.15, 0.2) is 42.5 Å². The second-order valence-electron chi connectivity index (χ2n) is 6.73. The van der Waals surface area contributed by atoms with Crippen molar-refractivity contribution in [1.29, 1.82) is 0 Å². The number of ether oxygens (including phenoxy) is 2. The van der Waals surface area contributed by atoms with E-state index in [1.165, 1.54) is 0 Å². The third-order valence-electron chi connectivity index (χ3n) is 4.93. The smallest absolute Gasteiger partial charge is 0.233 e. The Balaban J connectivity index is 1.50. The maximum Gasteiger partial charge on any atom is 0.233 e. The highest BCUT2D eigenvalue weighted by Crippen LogP contribution is 2.49. The standard InChI is InChI=1S/C20H20ClNO3/c1-22(13-14-2-7-17-18(12-14)25-11-10-24-17)19(23)20(8-9-20)15-3-5-16(21)6-4-15/h2-7,12H,8-11,13H2,1H3. The zero-order chi connectivity index (χ0) is 17.4. The molecule has 0 N–H and O–H groups in total. The van der Waals surface area contributed by atoms with Crippen LogP contribution in [-0.2, 0) is 16.8 Å². The molecule has 0 radical (unpaired) electrons. The van der Waals surface area contributed by atoms with Crippen molar-refractivity contribution in [3.8, 4) is 11.5 Å². The lowest BCUT2D eigenvalue weighted by molar-refractivity contribution is -0.133. The van der Waals surface area contributed by atoms with E-state index < -0.39 is 0 Å². The van der Waals surface area contributed by atoms with Crippen LogP contribution < -0.4 is 9.47 Å². The summed E-state index contributed by atoms with van der Waals surface area (Å²) in [6, 6.07) is 13.5. The molecular weight excluding hydrogens is 338 g/mol. The van der Waals surface area contributed by atoms with E-state index in [0.29, 0.717) is 24.8 Å². The van der Waals surface area contributed by atoms with Crippen LogP contribution in [0.1, 0.15) is 24.0 Å². The van der Waals surface area contributed by atoms with Gasteiger partial charge in [-0.15, -0.1) is 0 Å². The van der Waals surface area contributed by atoms with E-state index in [4.69, 9.17) is 21.1 Å². The van der Waals surface area contributed by atoms with Crippen molar-refractivity contribution in [2.24, 2.45) is 0 Å². The third kappa shape index (κ3) is 3.07. The first-order valence-electron chi connectivity index (χ1n) is 8.49. The van der Waals surface area contributed by atoms with Gasteiger partial charge in [0, 0.05) is 18.6 Å². The Morgan fingerprint density at radius 1 is 1.08 bits per heavy atom. The fourth-order valence-electron chi connectivity index (χ4n) is 3.42. The Hall–Kier alpha value is -2.20. The first kappa shape index (κ1) is 16.3. The van der Waals surface area contributed by atoms with E-state index >= 15 is 0 Å². The van der Waals surface area contributed by atoms with Gasteiger partial charge >= 0.3 is 0 Å². The summed E-state index contributed by atoms with van der Waals surface area (Å²) in [6.45, 7) is 1.68. The molecule has 1 fully saturated rings. The zero-order valence-corrected chi connectivity index (χ0v) is 14.9. The number of hydrogen-bond donors (Lipinski definition) is 0. The van der Waals surface area contributed by atoms with Gasteiger partial charge in [-0.25, -0.2) is 0 Å². The van der Waals surface area contributed by atoms with E-state index in [0.717, 1.165) is 35.5 Å². The fourth-order valence-corrected chi connectivity index (χ4v) is 3.54. The predicted octanol–water partition coefficient (Wildman–Crippen LogP) is 3.80. The summed E-state index contributed by atoms with van der Waals surface area (Å²) in [4.78, 5) is 14.8. The lowest BCUT2D eigenvalue weighted by Gasteiger charge is -2.25. The third-order valence-corrected chi connectivity index (χ3v) is 5.18. The van der Waals surface area contributed by atoms with Crippen LogP contribution in [0, 0.1) is 0 Å². The lowest BCUT2D eigenvalue weighted by Crippen LogP contribution is -2.36. The Morgan fingerprint density at radius 3 is 2.44 bits per heavy atom. The maximum absolute atomic E-state index is 13.0. The second kappa shape index (κ2) is 6.26. The SMILES string of the molecule is CN(Cc1ccc2c(c1)OCCO2)C(=O)C1(c2ccc(Cl)cc2)CC1. The molecule has 4 nitrogen and oxygen atoms in total. The number of rotatable bonds is 4. The summed E-state index contributed by atoms with van der Waals surface area (Å²) in [6.07, 6.45) is 1.78. The van der Waals surface area contributed by atoms with Crippen molar-refractivity contribution >= 4 is 17.5 Å². The minimum absolute atomic E-state index is 0.157. The van der Waals surface area contributed by atoms with Crippen LogP contribution in [0.4, 0.5) is 0 Å². The predicted molar refractivity (Wildman–Crippen MR) is 96.3 cm³/mol. The van der Waals surface area contributed by atoms with Crippen molar-refractivity contribution < 1.29 is 14.3 Å². The summed E-state index contributed by atoms with van der Waals surface area (Å²) in [7, 11) is 1.86. The topological polar surface area (TPSA) is 38.8 Å². The molecule has 0 saturated heterocycles. The molecule has 0 unspecified atom stereocenters. The molecule has 0 aromatic heterocycles. The van der Waals surface area contributed by atoms with Crippen molar-refractivity contribution in [3.63, 3.8) is 0 Å². The molecule has 130 valence electrons. The number of halogens is 1. The number of amides is 1. The van der Waals surface area contributed by atoms with E-state index in [2.05, 4.69) is 0 Å². The fraction of sp³-hybridized carbons (Fsp3) is 0.350. The Bertz CT molecular complexity index is 799. The average Bonchev–Trinajstić information content (AvgIpc) is 3.43. The van der Waals surface area contributed by atoms with Gasteiger partial charge in [0.2, 0.25) is 5.91 Å². The molecule has 0 bridgehead atoms. The van der Waals surface area contributed by atoms with Crippen LogP contribution in [0.3, 0.4) is 0 Å². The van der Waals surface area contributed by atoms with Gasteiger partial charge in [0.1, 0.15) is 13.2 Å². The summed E-state index contributed by atoms with van der Waals surface area (Å²) in [5.74, 6) is 1.68. The highest BCUT2D eigenvalue weighted by molar-refractivity contribution is 6.30. The molecule has 2 aromatic carbocycles. The van der Waals surface area contributed by atoms with E-state index in [1.54, 1.807) is 4.90 Å². The van der Waals surface area contributed by atoms with Gasteiger partial charge in [-0.1, -0.05) is 29.8 Å². The number of hydrogen-bond acceptors (Lipinski definition) is 3. The maximum atomic E-state index is 13.0. The van der Waals surface area contributed by atoms with Crippen molar-refractivity contribution in [2.45, 2.75) is 24.8 Å². The normalized spacial score (nSPS) is 17.0. The van der Waals surface area contributed by atoms with Crippen molar-refractivity contribution in [1.82, 2.24) is 4.90 Å². The summed E-state index contributed by atoms with van der Waals surface area (Å²) >= 11 is 5.97. The summed E-state index contributed by atoms with van der Waals surface area (Å²) in [5.41, 5.74) is 1.70. The highest BCUT2D eigenvalue weighted by atomic mass is 35.5. The zero-order valence-electron chi connectivity index (χ0n) is 14.1. The van der Waals surface area contributed by atoms with Crippen LogP contribution >= 0.6 is 11.6 Å². The molecule has 1 heterocycles. The van der Waals surface area contributed by atoms with Gasteiger partial charge in [-0.05, 0) is 48.2 Å². The molecule has 2 aliphatic rings. The van der Waals surface area contributed by atoms with Gasteiger partial charge in [-0.2, -0.15) is 0 Å². The molecule has 25 heavy (non-hydrogen) atoms. The van der Waals surface area contributed by atoms with E-state index in [-0.39, 0.29) is 11.3 Å². The molecule has 2 aromatic rings.